The molecule has 3 heteroatoms. The van der Waals surface area contributed by atoms with Crippen LogP contribution in [0.15, 0.2) is 0 Å². The van der Waals surface area contributed by atoms with E-state index < -0.39 is 0 Å². The first-order valence-electron chi connectivity index (χ1n) is 4.77. The Kier molecular flexibility index (Phi) is 3.53. The van der Waals surface area contributed by atoms with E-state index in [0.717, 1.165) is 32.2 Å². The first-order valence-corrected chi connectivity index (χ1v) is 4.77. The van der Waals surface area contributed by atoms with Gasteiger partial charge in [0, 0.05) is 18.5 Å². The van der Waals surface area contributed by atoms with E-state index in [4.69, 9.17) is 5.73 Å². The minimum absolute atomic E-state index is 0.221. The Bertz CT molecular complexity index is 155. The van der Waals surface area contributed by atoms with Crippen LogP contribution in [0, 0.1) is 5.92 Å². The Morgan fingerprint density at radius 2 is 2.33 bits per heavy atom. The van der Waals surface area contributed by atoms with E-state index in [-0.39, 0.29) is 11.9 Å². The van der Waals surface area contributed by atoms with Gasteiger partial charge in [-0.25, -0.2) is 0 Å². The van der Waals surface area contributed by atoms with Gasteiger partial charge in [0.25, 0.3) is 0 Å². The van der Waals surface area contributed by atoms with Crippen LogP contribution in [-0.2, 0) is 4.79 Å². The maximum absolute atomic E-state index is 11.1. The molecule has 3 N–H and O–H groups in total. The molecule has 0 saturated heterocycles. The van der Waals surface area contributed by atoms with Crippen molar-refractivity contribution in [3.8, 4) is 0 Å². The normalized spacial score (nSPS) is 18.8. The second kappa shape index (κ2) is 4.45. The van der Waals surface area contributed by atoms with Crippen LogP contribution in [0.5, 0.6) is 0 Å². The van der Waals surface area contributed by atoms with Gasteiger partial charge in [-0.2, -0.15) is 0 Å². The van der Waals surface area contributed by atoms with Crippen molar-refractivity contribution in [2.75, 3.05) is 6.54 Å². The van der Waals surface area contributed by atoms with Gasteiger partial charge >= 0.3 is 0 Å². The third-order valence-electron chi connectivity index (χ3n) is 2.29. The van der Waals surface area contributed by atoms with E-state index in [1.165, 1.54) is 0 Å². The molecule has 1 aliphatic rings. The van der Waals surface area contributed by atoms with E-state index in [2.05, 4.69) is 12.2 Å². The molecule has 1 saturated carbocycles. The minimum Gasteiger partial charge on any atom is -0.356 e. The lowest BCUT2D eigenvalue weighted by atomic mass is 10.2. The Morgan fingerprint density at radius 3 is 2.83 bits per heavy atom. The molecule has 1 aliphatic carbocycles. The van der Waals surface area contributed by atoms with Gasteiger partial charge in [0.05, 0.1) is 0 Å². The van der Waals surface area contributed by atoms with Crippen molar-refractivity contribution in [1.82, 2.24) is 5.32 Å². The molecule has 0 spiro atoms. The molecule has 12 heavy (non-hydrogen) atoms. The first kappa shape index (κ1) is 9.52. The van der Waals surface area contributed by atoms with Crippen LogP contribution >= 0.6 is 0 Å². The quantitative estimate of drug-likeness (QED) is 0.636. The molecule has 0 aromatic rings. The maximum Gasteiger partial charge on any atom is 0.223 e. The molecule has 1 amide bonds. The van der Waals surface area contributed by atoms with Crippen LogP contribution in [-0.4, -0.2) is 18.5 Å². The lowest BCUT2D eigenvalue weighted by molar-refractivity contribution is -0.122. The van der Waals surface area contributed by atoms with Gasteiger partial charge < -0.3 is 11.1 Å². The molecule has 0 aromatic carbocycles. The average molecular weight is 170 g/mol. The fraction of sp³-hybridized carbons (Fsp3) is 0.889. The third kappa shape index (κ3) is 3.22. The number of hydrogen-bond donors (Lipinski definition) is 2. The number of nitrogens with one attached hydrogen (secondary N) is 1. The lowest BCUT2D eigenvalue weighted by Crippen LogP contribution is -2.30. The van der Waals surface area contributed by atoms with Crippen LogP contribution in [0.25, 0.3) is 0 Å². The summed E-state index contributed by atoms with van der Waals surface area (Å²) in [6.07, 6.45) is 4.03. The van der Waals surface area contributed by atoms with Crippen molar-refractivity contribution in [3.63, 3.8) is 0 Å². The number of amides is 1. The summed E-state index contributed by atoms with van der Waals surface area (Å²) >= 11 is 0. The molecule has 1 unspecified atom stereocenters. The van der Waals surface area contributed by atoms with Crippen molar-refractivity contribution in [3.05, 3.63) is 0 Å². The van der Waals surface area contributed by atoms with Crippen LogP contribution in [0.3, 0.4) is 0 Å². The lowest BCUT2D eigenvalue weighted by Gasteiger charge is -2.08. The average Bonchev–Trinajstić information content (AvgIpc) is 2.86. The number of carbonyl (C=O) groups excluding carboxylic acids is 1. The molecular weight excluding hydrogens is 152 g/mol. The summed E-state index contributed by atoms with van der Waals surface area (Å²) in [6, 6.07) is 0.240. The SMILES string of the molecule is CCC(N)CCNC(=O)C1CC1. The van der Waals surface area contributed by atoms with Gasteiger partial charge in [0.15, 0.2) is 0 Å². The topological polar surface area (TPSA) is 55.1 Å². The maximum atomic E-state index is 11.1. The number of carbonyl (C=O) groups is 1. The predicted molar refractivity (Wildman–Crippen MR) is 48.6 cm³/mol. The smallest absolute Gasteiger partial charge is 0.223 e. The minimum atomic E-state index is 0.221. The molecule has 1 fully saturated rings. The summed E-state index contributed by atoms with van der Waals surface area (Å²) in [5.41, 5.74) is 5.70. The summed E-state index contributed by atoms with van der Waals surface area (Å²) in [4.78, 5) is 11.1. The zero-order valence-electron chi connectivity index (χ0n) is 7.68. The molecule has 0 aromatic heterocycles. The van der Waals surface area contributed by atoms with Crippen molar-refractivity contribution in [1.29, 1.82) is 0 Å². The molecule has 1 atom stereocenters. The third-order valence-corrected chi connectivity index (χ3v) is 2.29. The Hall–Kier alpha value is -0.570. The number of rotatable bonds is 5. The molecule has 0 radical (unpaired) electrons. The van der Waals surface area contributed by atoms with Gasteiger partial charge in [-0.15, -0.1) is 0 Å². The fourth-order valence-corrected chi connectivity index (χ4v) is 1.07. The Balaban J connectivity index is 1.97. The second-order valence-electron chi connectivity index (χ2n) is 3.52. The summed E-state index contributed by atoms with van der Waals surface area (Å²) in [5, 5.41) is 2.89. The van der Waals surface area contributed by atoms with Gasteiger partial charge in [-0.05, 0) is 25.7 Å². The Labute approximate surface area is 73.7 Å². The van der Waals surface area contributed by atoms with E-state index in [1.54, 1.807) is 0 Å². The highest BCUT2D eigenvalue weighted by molar-refractivity contribution is 5.80. The predicted octanol–water partition coefficient (Wildman–Crippen LogP) is 0.640. The van der Waals surface area contributed by atoms with Crippen LogP contribution < -0.4 is 11.1 Å². The zero-order valence-corrected chi connectivity index (χ0v) is 7.68. The fourth-order valence-electron chi connectivity index (χ4n) is 1.07. The first-order chi connectivity index (χ1) is 5.74. The van der Waals surface area contributed by atoms with Crippen LogP contribution in [0.1, 0.15) is 32.6 Å². The monoisotopic (exact) mass is 170 g/mol. The van der Waals surface area contributed by atoms with Crippen LogP contribution in [0.4, 0.5) is 0 Å². The molecule has 0 heterocycles. The van der Waals surface area contributed by atoms with Gasteiger partial charge in [0.1, 0.15) is 0 Å². The van der Waals surface area contributed by atoms with Gasteiger partial charge in [-0.1, -0.05) is 6.92 Å². The highest BCUT2D eigenvalue weighted by Crippen LogP contribution is 2.28. The standard InChI is InChI=1S/C9H18N2O/c1-2-8(10)5-6-11-9(12)7-3-4-7/h7-8H,2-6,10H2,1H3,(H,11,12). The zero-order chi connectivity index (χ0) is 8.97. The molecule has 0 bridgehead atoms. The van der Waals surface area contributed by atoms with E-state index in [9.17, 15) is 4.79 Å². The van der Waals surface area contributed by atoms with Crippen LogP contribution in [0.2, 0.25) is 0 Å². The summed E-state index contributed by atoms with van der Waals surface area (Å²) < 4.78 is 0. The van der Waals surface area contributed by atoms with E-state index in [1.807, 2.05) is 0 Å². The van der Waals surface area contributed by atoms with E-state index >= 15 is 0 Å². The number of hydrogen-bond acceptors (Lipinski definition) is 2. The molecule has 3 nitrogen and oxygen atoms in total. The van der Waals surface area contributed by atoms with Crippen molar-refractivity contribution < 1.29 is 4.79 Å². The Morgan fingerprint density at radius 1 is 1.67 bits per heavy atom. The molecule has 0 aliphatic heterocycles. The number of nitrogens with two attached hydrogens (primary N) is 1. The summed E-state index contributed by atoms with van der Waals surface area (Å²) in [7, 11) is 0. The largest absolute Gasteiger partial charge is 0.356 e. The molecular formula is C9H18N2O. The van der Waals surface area contributed by atoms with Crippen molar-refractivity contribution in [2.24, 2.45) is 11.7 Å². The van der Waals surface area contributed by atoms with Gasteiger partial charge in [0.2, 0.25) is 5.91 Å². The van der Waals surface area contributed by atoms with Crippen molar-refractivity contribution in [2.45, 2.75) is 38.6 Å². The second-order valence-corrected chi connectivity index (χ2v) is 3.52. The summed E-state index contributed by atoms with van der Waals surface area (Å²) in [6.45, 7) is 2.80. The van der Waals surface area contributed by atoms with Gasteiger partial charge in [-0.3, -0.25) is 4.79 Å². The summed E-state index contributed by atoms with van der Waals surface area (Å²) in [5.74, 6) is 0.543. The highest BCUT2D eigenvalue weighted by Gasteiger charge is 2.28. The van der Waals surface area contributed by atoms with Crippen molar-refractivity contribution >= 4 is 5.91 Å². The highest BCUT2D eigenvalue weighted by atomic mass is 16.2. The van der Waals surface area contributed by atoms with E-state index in [0.29, 0.717) is 5.92 Å². The molecule has 70 valence electrons. The molecule has 1 rings (SSSR count).